The van der Waals surface area contributed by atoms with Crippen LogP contribution in [0.3, 0.4) is 0 Å². The molecule has 2 saturated carbocycles. The molecular formula is C20H28N2O. The molecule has 2 bridgehead atoms. The largest absolute Gasteiger partial charge is 0.368 e. The minimum atomic E-state index is 0.348. The smallest absolute Gasteiger partial charge is 0.226 e. The van der Waals surface area contributed by atoms with Crippen molar-refractivity contribution in [3.63, 3.8) is 0 Å². The maximum atomic E-state index is 12.9. The summed E-state index contributed by atoms with van der Waals surface area (Å²) in [6.45, 7) is 8.10. The van der Waals surface area contributed by atoms with Crippen LogP contribution in [0.1, 0.15) is 36.8 Å². The molecule has 1 heterocycles. The van der Waals surface area contributed by atoms with Gasteiger partial charge in [0.1, 0.15) is 0 Å². The molecule has 3 atom stereocenters. The predicted molar refractivity (Wildman–Crippen MR) is 93.6 cm³/mol. The molecule has 1 saturated heterocycles. The second kappa shape index (κ2) is 5.85. The molecule has 1 aromatic carbocycles. The second-order valence-electron chi connectivity index (χ2n) is 7.81. The number of hydrogen-bond acceptors (Lipinski definition) is 2. The van der Waals surface area contributed by atoms with Crippen LogP contribution >= 0.6 is 0 Å². The number of rotatable bonds is 2. The fourth-order valence-corrected chi connectivity index (χ4v) is 5.03. The van der Waals surface area contributed by atoms with Gasteiger partial charge in [-0.25, -0.2) is 0 Å². The first-order valence-corrected chi connectivity index (χ1v) is 9.23. The van der Waals surface area contributed by atoms with Crippen molar-refractivity contribution in [3.8, 4) is 0 Å². The van der Waals surface area contributed by atoms with E-state index in [1.54, 1.807) is 0 Å². The zero-order valence-corrected chi connectivity index (χ0v) is 14.4. The second-order valence-corrected chi connectivity index (χ2v) is 7.81. The minimum Gasteiger partial charge on any atom is -0.368 e. The first-order valence-electron chi connectivity index (χ1n) is 9.23. The zero-order valence-electron chi connectivity index (χ0n) is 14.4. The number of benzene rings is 1. The van der Waals surface area contributed by atoms with Crippen molar-refractivity contribution in [2.75, 3.05) is 31.1 Å². The van der Waals surface area contributed by atoms with E-state index >= 15 is 0 Å². The van der Waals surface area contributed by atoms with Crippen LogP contribution in [0.4, 0.5) is 5.69 Å². The van der Waals surface area contributed by atoms with Gasteiger partial charge in [0.15, 0.2) is 0 Å². The maximum Gasteiger partial charge on any atom is 0.226 e. The number of fused-ring (bicyclic) bond motifs is 2. The Morgan fingerprint density at radius 2 is 1.83 bits per heavy atom. The molecule has 0 spiro atoms. The van der Waals surface area contributed by atoms with E-state index in [2.05, 4.69) is 41.8 Å². The van der Waals surface area contributed by atoms with Crippen LogP contribution in [0.5, 0.6) is 0 Å². The van der Waals surface area contributed by atoms with E-state index in [1.165, 1.54) is 42.5 Å². The van der Waals surface area contributed by atoms with Crippen LogP contribution in [0, 0.1) is 31.6 Å². The summed E-state index contributed by atoms with van der Waals surface area (Å²) < 4.78 is 0. The number of hydrogen-bond donors (Lipinski definition) is 0. The van der Waals surface area contributed by atoms with Crippen molar-refractivity contribution in [2.24, 2.45) is 17.8 Å². The topological polar surface area (TPSA) is 23.6 Å². The molecule has 1 aromatic rings. The van der Waals surface area contributed by atoms with Crippen LogP contribution in [0.15, 0.2) is 18.2 Å². The molecule has 3 fully saturated rings. The van der Waals surface area contributed by atoms with Crippen LogP contribution < -0.4 is 4.90 Å². The fraction of sp³-hybridized carbons (Fsp3) is 0.650. The number of nitrogens with zero attached hydrogens (tertiary/aromatic N) is 2. The Morgan fingerprint density at radius 1 is 1.04 bits per heavy atom. The average Bonchev–Trinajstić information content (AvgIpc) is 3.20. The lowest BCUT2D eigenvalue weighted by atomic mass is 9.87. The van der Waals surface area contributed by atoms with Gasteiger partial charge in [0, 0.05) is 37.8 Å². The normalized spacial score (nSPS) is 30.1. The lowest BCUT2D eigenvalue weighted by molar-refractivity contribution is -0.137. The van der Waals surface area contributed by atoms with Gasteiger partial charge < -0.3 is 9.80 Å². The van der Waals surface area contributed by atoms with Gasteiger partial charge in [-0.15, -0.1) is 0 Å². The molecule has 23 heavy (non-hydrogen) atoms. The van der Waals surface area contributed by atoms with Crippen LogP contribution in [-0.4, -0.2) is 37.0 Å². The Bertz CT molecular complexity index is 604. The Labute approximate surface area is 139 Å². The predicted octanol–water partition coefficient (Wildman–Crippen LogP) is 3.39. The third kappa shape index (κ3) is 2.64. The molecule has 1 aliphatic heterocycles. The Hall–Kier alpha value is -1.51. The number of carbonyl (C=O) groups is 1. The van der Waals surface area contributed by atoms with Gasteiger partial charge in [0.2, 0.25) is 5.91 Å². The molecule has 3 heteroatoms. The average molecular weight is 312 g/mol. The highest BCUT2D eigenvalue weighted by Crippen LogP contribution is 2.48. The van der Waals surface area contributed by atoms with Crippen molar-refractivity contribution < 1.29 is 4.79 Å². The molecule has 0 radical (unpaired) electrons. The first kappa shape index (κ1) is 15.0. The van der Waals surface area contributed by atoms with E-state index in [1.807, 2.05) is 0 Å². The minimum absolute atomic E-state index is 0.348. The summed E-state index contributed by atoms with van der Waals surface area (Å²) in [5.74, 6) is 2.36. The van der Waals surface area contributed by atoms with Gasteiger partial charge in [-0.1, -0.05) is 18.6 Å². The SMILES string of the molecule is Cc1cccc(N2CCN(C(=O)[C@@H]3C[C@H]4CC[C@H]3C4)CC2)c1C. The highest BCUT2D eigenvalue weighted by Gasteiger charge is 2.44. The van der Waals surface area contributed by atoms with Crippen LogP contribution in [-0.2, 0) is 4.79 Å². The Balaban J connectivity index is 1.39. The van der Waals surface area contributed by atoms with Crippen molar-refractivity contribution in [2.45, 2.75) is 39.5 Å². The maximum absolute atomic E-state index is 12.9. The molecule has 124 valence electrons. The van der Waals surface area contributed by atoms with Gasteiger partial charge in [0.25, 0.3) is 0 Å². The highest BCUT2D eigenvalue weighted by molar-refractivity contribution is 5.80. The lowest BCUT2D eigenvalue weighted by Gasteiger charge is -2.39. The summed E-state index contributed by atoms with van der Waals surface area (Å²) >= 11 is 0. The molecule has 0 aromatic heterocycles. The third-order valence-electron chi connectivity index (χ3n) is 6.56. The van der Waals surface area contributed by atoms with E-state index in [0.29, 0.717) is 17.7 Å². The molecule has 3 aliphatic rings. The quantitative estimate of drug-likeness (QED) is 0.836. The first-order chi connectivity index (χ1) is 11.1. The van der Waals surface area contributed by atoms with Gasteiger partial charge >= 0.3 is 0 Å². The Kier molecular flexibility index (Phi) is 3.82. The van der Waals surface area contributed by atoms with Crippen LogP contribution in [0.2, 0.25) is 0 Å². The summed E-state index contributed by atoms with van der Waals surface area (Å²) in [5.41, 5.74) is 4.07. The number of carbonyl (C=O) groups excluding carboxylic acids is 1. The Morgan fingerprint density at radius 3 is 2.48 bits per heavy atom. The van der Waals surface area contributed by atoms with Crippen molar-refractivity contribution in [3.05, 3.63) is 29.3 Å². The molecule has 0 unspecified atom stereocenters. The summed E-state index contributed by atoms with van der Waals surface area (Å²) in [5, 5.41) is 0. The van der Waals surface area contributed by atoms with E-state index in [0.717, 1.165) is 32.1 Å². The molecule has 0 N–H and O–H groups in total. The van der Waals surface area contributed by atoms with Gasteiger partial charge in [-0.05, 0) is 62.1 Å². The molecule has 1 amide bonds. The standard InChI is InChI=1S/C20H28N2O/c1-14-4-3-5-19(15(14)2)21-8-10-22(11-9-21)20(23)18-13-16-6-7-17(18)12-16/h3-5,16-18H,6-13H2,1-2H3/t16-,17-,18+/m0/s1. The number of anilines is 1. The van der Waals surface area contributed by atoms with Gasteiger partial charge in [-0.3, -0.25) is 4.79 Å². The van der Waals surface area contributed by atoms with E-state index in [-0.39, 0.29) is 0 Å². The van der Waals surface area contributed by atoms with Crippen molar-refractivity contribution >= 4 is 11.6 Å². The van der Waals surface area contributed by atoms with E-state index < -0.39 is 0 Å². The number of aryl methyl sites for hydroxylation is 1. The van der Waals surface area contributed by atoms with Crippen molar-refractivity contribution in [1.29, 1.82) is 0 Å². The van der Waals surface area contributed by atoms with E-state index in [4.69, 9.17) is 0 Å². The highest BCUT2D eigenvalue weighted by atomic mass is 16.2. The molecule has 3 nitrogen and oxygen atoms in total. The van der Waals surface area contributed by atoms with Crippen LogP contribution in [0.25, 0.3) is 0 Å². The molecule has 2 aliphatic carbocycles. The third-order valence-corrected chi connectivity index (χ3v) is 6.56. The summed E-state index contributed by atoms with van der Waals surface area (Å²) in [6, 6.07) is 6.54. The van der Waals surface area contributed by atoms with Gasteiger partial charge in [-0.2, -0.15) is 0 Å². The summed E-state index contributed by atoms with van der Waals surface area (Å²) in [6.07, 6.45) is 5.15. The fourth-order valence-electron chi connectivity index (χ4n) is 5.03. The summed E-state index contributed by atoms with van der Waals surface area (Å²) in [7, 11) is 0. The number of amides is 1. The monoisotopic (exact) mass is 312 g/mol. The van der Waals surface area contributed by atoms with Gasteiger partial charge in [0.05, 0.1) is 0 Å². The lowest BCUT2D eigenvalue weighted by Crippen LogP contribution is -2.51. The molecular weight excluding hydrogens is 284 g/mol. The molecule has 4 rings (SSSR count). The number of piperazine rings is 1. The summed E-state index contributed by atoms with van der Waals surface area (Å²) in [4.78, 5) is 17.5. The zero-order chi connectivity index (χ0) is 16.0. The van der Waals surface area contributed by atoms with E-state index in [9.17, 15) is 4.79 Å². The van der Waals surface area contributed by atoms with Crippen molar-refractivity contribution in [1.82, 2.24) is 4.90 Å².